The van der Waals surface area contributed by atoms with E-state index in [0.29, 0.717) is 18.0 Å². The largest absolute Gasteiger partial charge is 0.345 e. The van der Waals surface area contributed by atoms with Crippen molar-refractivity contribution in [3.8, 4) is 0 Å². The fraction of sp³-hybridized carbons (Fsp3) is 0.588. The number of sulfonamides is 1. The minimum Gasteiger partial charge on any atom is -0.345 e. The van der Waals surface area contributed by atoms with E-state index in [1.807, 2.05) is 0 Å². The van der Waals surface area contributed by atoms with Gasteiger partial charge in [0.25, 0.3) is 0 Å². The molecule has 1 aromatic carbocycles. The van der Waals surface area contributed by atoms with Gasteiger partial charge >= 0.3 is 0 Å². The fourth-order valence-corrected chi connectivity index (χ4v) is 4.58. The Kier molecular flexibility index (Phi) is 6.66. The highest BCUT2D eigenvalue weighted by Gasteiger charge is 2.34. The summed E-state index contributed by atoms with van der Waals surface area (Å²) in [4.78, 5) is 14.5. The average molecular weight is 373 g/mol. The molecule has 24 heavy (non-hydrogen) atoms. The van der Waals surface area contributed by atoms with E-state index in [4.69, 9.17) is 11.6 Å². The third-order valence-corrected chi connectivity index (χ3v) is 6.54. The lowest BCUT2D eigenvalue weighted by Crippen LogP contribution is -2.46. The number of halogens is 1. The van der Waals surface area contributed by atoms with Crippen LogP contribution in [0.4, 0.5) is 0 Å². The van der Waals surface area contributed by atoms with Crippen molar-refractivity contribution in [2.45, 2.75) is 37.5 Å². The van der Waals surface area contributed by atoms with E-state index in [1.165, 1.54) is 16.4 Å². The van der Waals surface area contributed by atoms with Crippen LogP contribution >= 0.6 is 11.6 Å². The Hall–Kier alpha value is -1.11. The van der Waals surface area contributed by atoms with Crippen LogP contribution in [0.1, 0.15) is 32.6 Å². The molecule has 1 heterocycles. The summed E-state index contributed by atoms with van der Waals surface area (Å²) in [5.41, 5.74) is 0. The quantitative estimate of drug-likeness (QED) is 0.771. The van der Waals surface area contributed by atoms with Crippen LogP contribution in [0.2, 0.25) is 5.02 Å². The number of amides is 1. The van der Waals surface area contributed by atoms with Crippen LogP contribution in [0.25, 0.3) is 0 Å². The predicted octanol–water partition coefficient (Wildman–Crippen LogP) is 3.00. The maximum Gasteiger partial charge on any atom is 0.243 e. The Morgan fingerprint density at radius 1 is 1.33 bits per heavy atom. The van der Waals surface area contributed by atoms with Crippen LogP contribution in [-0.4, -0.2) is 50.2 Å². The van der Waals surface area contributed by atoms with Gasteiger partial charge in [0.15, 0.2) is 0 Å². The molecule has 7 heteroatoms. The van der Waals surface area contributed by atoms with Crippen molar-refractivity contribution in [1.29, 1.82) is 0 Å². The molecule has 0 aromatic heterocycles. The Morgan fingerprint density at radius 2 is 2.00 bits per heavy atom. The molecule has 5 nitrogen and oxygen atoms in total. The van der Waals surface area contributed by atoms with Crippen LogP contribution < -0.4 is 0 Å². The summed E-state index contributed by atoms with van der Waals surface area (Å²) in [6.45, 7) is 3.50. The third-order valence-electron chi connectivity index (χ3n) is 4.41. The summed E-state index contributed by atoms with van der Waals surface area (Å²) in [7, 11) is -1.79. The summed E-state index contributed by atoms with van der Waals surface area (Å²) in [5, 5.41) is 0.498. The van der Waals surface area contributed by atoms with Crippen molar-refractivity contribution in [2.75, 3.05) is 26.7 Å². The molecule has 1 unspecified atom stereocenters. The summed E-state index contributed by atoms with van der Waals surface area (Å²) in [6, 6.07) is 6.16. The summed E-state index contributed by atoms with van der Waals surface area (Å²) in [6.07, 6.45) is 3.42. The van der Waals surface area contributed by atoms with Crippen molar-refractivity contribution in [3.63, 3.8) is 0 Å². The highest BCUT2D eigenvalue weighted by Crippen LogP contribution is 2.25. The highest BCUT2D eigenvalue weighted by molar-refractivity contribution is 7.89. The number of hydrogen-bond donors (Lipinski definition) is 0. The van der Waals surface area contributed by atoms with Crippen molar-refractivity contribution < 1.29 is 13.2 Å². The minimum absolute atomic E-state index is 0.0412. The molecule has 1 amide bonds. The van der Waals surface area contributed by atoms with Gasteiger partial charge in [-0.2, -0.15) is 4.31 Å². The summed E-state index contributed by atoms with van der Waals surface area (Å²) >= 11 is 5.83. The maximum atomic E-state index is 12.8. The second-order valence-electron chi connectivity index (χ2n) is 6.27. The van der Waals surface area contributed by atoms with E-state index in [1.54, 1.807) is 24.1 Å². The molecule has 1 atom stereocenters. The standard InChI is InChI=1S/C17H25ClN2O3S/c1-3-4-11-19(2)17(21)14-6-5-12-20(13-14)24(22,23)16-9-7-15(18)8-10-16/h7-10,14H,3-6,11-13H2,1-2H3. The first-order valence-corrected chi connectivity index (χ1v) is 10.2. The van der Waals surface area contributed by atoms with Crippen LogP contribution in [-0.2, 0) is 14.8 Å². The van der Waals surface area contributed by atoms with Gasteiger partial charge in [0.2, 0.25) is 15.9 Å². The Morgan fingerprint density at radius 3 is 2.62 bits per heavy atom. The molecule has 134 valence electrons. The number of rotatable bonds is 6. The maximum absolute atomic E-state index is 12.8. The van der Waals surface area contributed by atoms with Gasteiger partial charge in [-0.05, 0) is 43.5 Å². The smallest absolute Gasteiger partial charge is 0.243 e. The van der Waals surface area contributed by atoms with Crippen molar-refractivity contribution >= 4 is 27.5 Å². The molecular weight excluding hydrogens is 348 g/mol. The molecule has 0 spiro atoms. The van der Waals surface area contributed by atoms with E-state index >= 15 is 0 Å². The summed E-state index contributed by atoms with van der Waals surface area (Å²) < 4.78 is 27.0. The molecule has 2 rings (SSSR count). The number of benzene rings is 1. The van der Waals surface area contributed by atoms with Gasteiger partial charge in [0.1, 0.15) is 0 Å². The van der Waals surface area contributed by atoms with E-state index in [0.717, 1.165) is 25.8 Å². The second kappa shape index (κ2) is 8.32. The number of carbonyl (C=O) groups is 1. The van der Waals surface area contributed by atoms with Crippen LogP contribution in [0.3, 0.4) is 0 Å². The van der Waals surface area contributed by atoms with Gasteiger partial charge in [-0.15, -0.1) is 0 Å². The van der Waals surface area contributed by atoms with Crippen molar-refractivity contribution in [2.24, 2.45) is 5.92 Å². The lowest BCUT2D eigenvalue weighted by Gasteiger charge is -2.33. The van der Waals surface area contributed by atoms with Crippen LogP contribution in [0.5, 0.6) is 0 Å². The van der Waals surface area contributed by atoms with Crippen molar-refractivity contribution in [3.05, 3.63) is 29.3 Å². The van der Waals surface area contributed by atoms with Crippen molar-refractivity contribution in [1.82, 2.24) is 9.21 Å². The van der Waals surface area contributed by atoms with Crippen LogP contribution in [0, 0.1) is 5.92 Å². The molecule has 0 saturated carbocycles. The summed E-state index contributed by atoms with van der Waals surface area (Å²) in [5.74, 6) is -0.220. The fourth-order valence-electron chi connectivity index (χ4n) is 2.94. The van der Waals surface area contributed by atoms with E-state index < -0.39 is 10.0 Å². The zero-order valence-electron chi connectivity index (χ0n) is 14.2. The molecule has 1 aliphatic rings. The Labute approximate surface area is 149 Å². The number of hydrogen-bond acceptors (Lipinski definition) is 3. The first kappa shape index (κ1) is 19.2. The van der Waals surface area contributed by atoms with Gasteiger partial charge in [-0.25, -0.2) is 8.42 Å². The molecule has 1 aliphatic heterocycles. The molecule has 1 aromatic rings. The normalized spacial score (nSPS) is 19.2. The first-order valence-electron chi connectivity index (χ1n) is 8.37. The van der Waals surface area contributed by atoms with Gasteiger partial charge in [-0.1, -0.05) is 24.9 Å². The number of unbranched alkanes of at least 4 members (excludes halogenated alkanes) is 1. The number of carbonyl (C=O) groups excluding carboxylic acids is 1. The lowest BCUT2D eigenvalue weighted by molar-refractivity contribution is -0.135. The molecule has 0 bridgehead atoms. The average Bonchev–Trinajstić information content (AvgIpc) is 2.59. The molecular formula is C17H25ClN2O3S. The Balaban J connectivity index is 2.09. The zero-order valence-corrected chi connectivity index (χ0v) is 15.8. The van der Waals surface area contributed by atoms with Crippen LogP contribution in [0.15, 0.2) is 29.2 Å². The molecule has 0 aliphatic carbocycles. The third kappa shape index (κ3) is 4.49. The van der Waals surface area contributed by atoms with E-state index in [-0.39, 0.29) is 23.3 Å². The van der Waals surface area contributed by atoms with Gasteiger partial charge in [0, 0.05) is 31.7 Å². The molecule has 0 N–H and O–H groups in total. The molecule has 1 fully saturated rings. The SMILES string of the molecule is CCCCN(C)C(=O)C1CCCN(S(=O)(=O)c2ccc(Cl)cc2)C1. The monoisotopic (exact) mass is 372 g/mol. The van der Waals surface area contributed by atoms with Gasteiger partial charge < -0.3 is 4.90 Å². The predicted molar refractivity (Wildman–Crippen MR) is 95.5 cm³/mol. The number of nitrogens with zero attached hydrogens (tertiary/aromatic N) is 2. The second-order valence-corrected chi connectivity index (χ2v) is 8.64. The van der Waals surface area contributed by atoms with E-state index in [9.17, 15) is 13.2 Å². The number of piperidine rings is 1. The first-order chi connectivity index (χ1) is 11.4. The molecule has 1 saturated heterocycles. The molecule has 0 radical (unpaired) electrons. The lowest BCUT2D eigenvalue weighted by atomic mass is 9.98. The highest BCUT2D eigenvalue weighted by atomic mass is 35.5. The topological polar surface area (TPSA) is 57.7 Å². The van der Waals surface area contributed by atoms with Gasteiger partial charge in [0.05, 0.1) is 10.8 Å². The minimum atomic E-state index is -3.58. The zero-order chi connectivity index (χ0) is 17.7. The van der Waals surface area contributed by atoms with Gasteiger partial charge in [-0.3, -0.25) is 4.79 Å². The van der Waals surface area contributed by atoms with E-state index in [2.05, 4.69) is 6.92 Å². The Bertz CT molecular complexity index is 661.